The molecule has 0 radical (unpaired) electrons. The van der Waals surface area contributed by atoms with Gasteiger partial charge in [-0.25, -0.2) is 0 Å². The van der Waals surface area contributed by atoms with Crippen LogP contribution in [0.1, 0.15) is 12.5 Å². The SMILES string of the molecule is COCc1ccc(N2CC(=O)NC(C)C2=O)cc1. The number of carbonyl (C=O) groups excluding carboxylic acids is 2. The van der Waals surface area contributed by atoms with Crippen molar-refractivity contribution in [2.45, 2.75) is 19.6 Å². The van der Waals surface area contributed by atoms with Crippen LogP contribution in [0.2, 0.25) is 0 Å². The molecule has 18 heavy (non-hydrogen) atoms. The molecule has 96 valence electrons. The van der Waals surface area contributed by atoms with Gasteiger partial charge in [0.15, 0.2) is 0 Å². The van der Waals surface area contributed by atoms with E-state index in [2.05, 4.69) is 5.32 Å². The molecule has 1 unspecified atom stereocenters. The molecule has 1 N–H and O–H groups in total. The lowest BCUT2D eigenvalue weighted by Crippen LogP contribution is -2.57. The number of piperazine rings is 1. The Labute approximate surface area is 106 Å². The molecule has 5 heteroatoms. The fourth-order valence-corrected chi connectivity index (χ4v) is 1.96. The van der Waals surface area contributed by atoms with E-state index in [-0.39, 0.29) is 18.4 Å². The van der Waals surface area contributed by atoms with Crippen LogP contribution in [0.3, 0.4) is 0 Å². The van der Waals surface area contributed by atoms with Gasteiger partial charge in [-0.1, -0.05) is 12.1 Å². The monoisotopic (exact) mass is 248 g/mol. The normalized spacial score (nSPS) is 19.9. The minimum Gasteiger partial charge on any atom is -0.380 e. The summed E-state index contributed by atoms with van der Waals surface area (Å²) in [7, 11) is 1.63. The zero-order valence-electron chi connectivity index (χ0n) is 10.5. The summed E-state index contributed by atoms with van der Waals surface area (Å²) in [6, 6.07) is 6.98. The Morgan fingerprint density at radius 2 is 2.00 bits per heavy atom. The maximum Gasteiger partial charge on any atom is 0.249 e. The Hall–Kier alpha value is -1.88. The molecule has 0 aliphatic carbocycles. The minimum atomic E-state index is -0.468. The third-order valence-electron chi connectivity index (χ3n) is 2.87. The first-order chi connectivity index (χ1) is 8.61. The topological polar surface area (TPSA) is 58.6 Å². The Balaban J connectivity index is 2.19. The minimum absolute atomic E-state index is 0.0762. The van der Waals surface area contributed by atoms with E-state index in [0.29, 0.717) is 6.61 Å². The van der Waals surface area contributed by atoms with E-state index in [4.69, 9.17) is 4.74 Å². The number of ether oxygens (including phenoxy) is 1. The third kappa shape index (κ3) is 2.51. The smallest absolute Gasteiger partial charge is 0.249 e. The number of benzene rings is 1. The summed E-state index contributed by atoms with van der Waals surface area (Å²) in [6.07, 6.45) is 0. The van der Waals surface area contributed by atoms with Crippen LogP contribution in [0, 0.1) is 0 Å². The molecule has 1 aliphatic rings. The average Bonchev–Trinajstić information content (AvgIpc) is 2.35. The van der Waals surface area contributed by atoms with Crippen molar-refractivity contribution in [3.8, 4) is 0 Å². The van der Waals surface area contributed by atoms with Crippen LogP contribution in [0.5, 0.6) is 0 Å². The largest absolute Gasteiger partial charge is 0.380 e. The van der Waals surface area contributed by atoms with Crippen LogP contribution < -0.4 is 10.2 Å². The van der Waals surface area contributed by atoms with E-state index in [1.807, 2.05) is 24.3 Å². The molecule has 2 amide bonds. The summed E-state index contributed by atoms with van der Waals surface area (Å²) in [5.41, 5.74) is 1.77. The second kappa shape index (κ2) is 5.18. The number of hydrogen-bond donors (Lipinski definition) is 1. The summed E-state index contributed by atoms with van der Waals surface area (Å²) in [5, 5.41) is 2.61. The van der Waals surface area contributed by atoms with Crippen molar-refractivity contribution in [1.29, 1.82) is 0 Å². The lowest BCUT2D eigenvalue weighted by molar-refractivity contribution is -0.130. The van der Waals surface area contributed by atoms with Gasteiger partial charge in [0.05, 0.1) is 6.61 Å². The van der Waals surface area contributed by atoms with Crippen molar-refractivity contribution in [3.05, 3.63) is 29.8 Å². The van der Waals surface area contributed by atoms with Crippen molar-refractivity contribution >= 4 is 17.5 Å². The Morgan fingerprint density at radius 1 is 1.33 bits per heavy atom. The second-order valence-electron chi connectivity index (χ2n) is 4.31. The molecule has 1 saturated heterocycles. The van der Waals surface area contributed by atoms with Crippen LogP contribution in [-0.4, -0.2) is 31.5 Å². The second-order valence-corrected chi connectivity index (χ2v) is 4.31. The van der Waals surface area contributed by atoms with Crippen molar-refractivity contribution in [2.75, 3.05) is 18.6 Å². The van der Waals surface area contributed by atoms with Crippen molar-refractivity contribution in [1.82, 2.24) is 5.32 Å². The van der Waals surface area contributed by atoms with Crippen molar-refractivity contribution in [2.24, 2.45) is 0 Å². The number of carbonyl (C=O) groups is 2. The number of amides is 2. The molecular formula is C13H16N2O3. The Bertz CT molecular complexity index is 456. The number of anilines is 1. The van der Waals surface area contributed by atoms with Crippen molar-refractivity contribution in [3.63, 3.8) is 0 Å². The zero-order chi connectivity index (χ0) is 13.1. The lowest BCUT2D eigenvalue weighted by atomic mass is 10.1. The fraction of sp³-hybridized carbons (Fsp3) is 0.385. The van der Waals surface area contributed by atoms with Gasteiger partial charge in [-0.3, -0.25) is 9.59 Å². The molecule has 0 bridgehead atoms. The maximum absolute atomic E-state index is 12.0. The van der Waals surface area contributed by atoms with Gasteiger partial charge in [-0.2, -0.15) is 0 Å². The van der Waals surface area contributed by atoms with Crippen molar-refractivity contribution < 1.29 is 14.3 Å². The highest BCUT2D eigenvalue weighted by atomic mass is 16.5. The first-order valence-electron chi connectivity index (χ1n) is 5.80. The Morgan fingerprint density at radius 3 is 2.61 bits per heavy atom. The van der Waals surface area contributed by atoms with E-state index in [0.717, 1.165) is 11.3 Å². The van der Waals surface area contributed by atoms with Crippen LogP contribution in [0.25, 0.3) is 0 Å². The predicted molar refractivity (Wildman–Crippen MR) is 67.1 cm³/mol. The predicted octanol–water partition coefficient (Wildman–Crippen LogP) is 0.684. The van der Waals surface area contributed by atoms with Gasteiger partial charge >= 0.3 is 0 Å². The standard InChI is InChI=1S/C13H16N2O3/c1-9-13(17)15(7-12(16)14-9)11-5-3-10(4-6-11)8-18-2/h3-6,9H,7-8H2,1-2H3,(H,14,16). The third-order valence-corrected chi connectivity index (χ3v) is 2.87. The van der Waals surface area contributed by atoms with E-state index in [1.54, 1.807) is 14.0 Å². The van der Waals surface area contributed by atoms with Gasteiger partial charge in [0, 0.05) is 12.8 Å². The summed E-state index contributed by atoms with van der Waals surface area (Å²) >= 11 is 0. The van der Waals surface area contributed by atoms with E-state index in [9.17, 15) is 9.59 Å². The van der Waals surface area contributed by atoms with E-state index >= 15 is 0 Å². The lowest BCUT2D eigenvalue weighted by Gasteiger charge is -2.30. The molecule has 5 nitrogen and oxygen atoms in total. The summed E-state index contributed by atoms with van der Waals surface area (Å²) in [5.74, 6) is -0.225. The van der Waals surface area contributed by atoms with Gasteiger partial charge in [-0.05, 0) is 24.6 Å². The zero-order valence-corrected chi connectivity index (χ0v) is 10.5. The highest BCUT2D eigenvalue weighted by Gasteiger charge is 2.30. The molecule has 1 aromatic carbocycles. The molecule has 1 fully saturated rings. The first-order valence-corrected chi connectivity index (χ1v) is 5.80. The first kappa shape index (κ1) is 12.6. The number of nitrogens with zero attached hydrogens (tertiary/aromatic N) is 1. The molecule has 0 saturated carbocycles. The number of nitrogens with one attached hydrogen (secondary N) is 1. The molecule has 1 heterocycles. The molecule has 1 atom stereocenters. The van der Waals surface area contributed by atoms with Crippen LogP contribution >= 0.6 is 0 Å². The summed E-state index contributed by atoms with van der Waals surface area (Å²) < 4.78 is 5.02. The molecule has 1 aliphatic heterocycles. The van der Waals surface area contributed by atoms with Crippen LogP contribution in [-0.2, 0) is 20.9 Å². The van der Waals surface area contributed by atoms with E-state index in [1.165, 1.54) is 4.90 Å². The van der Waals surface area contributed by atoms with Gasteiger partial charge < -0.3 is 15.0 Å². The van der Waals surface area contributed by atoms with Gasteiger partial charge in [-0.15, -0.1) is 0 Å². The molecular weight excluding hydrogens is 232 g/mol. The highest BCUT2D eigenvalue weighted by molar-refractivity contribution is 6.06. The van der Waals surface area contributed by atoms with Gasteiger partial charge in [0.2, 0.25) is 11.8 Å². The molecule has 0 spiro atoms. The summed E-state index contributed by atoms with van der Waals surface area (Å²) in [6.45, 7) is 2.30. The van der Waals surface area contributed by atoms with Crippen LogP contribution in [0.4, 0.5) is 5.69 Å². The molecule has 1 aromatic rings. The molecule has 2 rings (SSSR count). The molecule has 0 aromatic heterocycles. The quantitative estimate of drug-likeness (QED) is 0.856. The fourth-order valence-electron chi connectivity index (χ4n) is 1.96. The van der Waals surface area contributed by atoms with Gasteiger partial charge in [0.1, 0.15) is 12.6 Å². The maximum atomic E-state index is 12.0. The van der Waals surface area contributed by atoms with Crippen LogP contribution in [0.15, 0.2) is 24.3 Å². The van der Waals surface area contributed by atoms with E-state index < -0.39 is 6.04 Å². The number of methoxy groups -OCH3 is 1. The average molecular weight is 248 g/mol. The summed E-state index contributed by atoms with van der Waals surface area (Å²) in [4.78, 5) is 24.9. The number of hydrogen-bond acceptors (Lipinski definition) is 3. The highest BCUT2D eigenvalue weighted by Crippen LogP contribution is 2.18. The number of rotatable bonds is 3. The Kier molecular flexibility index (Phi) is 3.62. The van der Waals surface area contributed by atoms with Gasteiger partial charge in [0.25, 0.3) is 0 Å².